The number of hydrogen-bond donors (Lipinski definition) is 1. The zero-order valence-corrected chi connectivity index (χ0v) is 13.3. The van der Waals surface area contributed by atoms with E-state index < -0.39 is 0 Å². The first-order valence-corrected chi connectivity index (χ1v) is 7.56. The molecule has 1 aromatic heterocycles. The van der Waals surface area contributed by atoms with E-state index in [-0.39, 0.29) is 5.91 Å². The van der Waals surface area contributed by atoms with Gasteiger partial charge in [0.2, 0.25) is 0 Å². The van der Waals surface area contributed by atoms with Crippen LogP contribution in [0.15, 0.2) is 61.2 Å². The summed E-state index contributed by atoms with van der Waals surface area (Å²) in [5.74, 6) is -0.0493. The SMILES string of the molecule is Cc1ccc(C(=O)NCc2ccc(-n3ccnc3)cc2)cc1C. The summed E-state index contributed by atoms with van der Waals surface area (Å²) in [6, 6.07) is 13.8. The fourth-order valence-corrected chi connectivity index (χ4v) is 2.36. The second-order valence-electron chi connectivity index (χ2n) is 5.62. The molecule has 1 amide bonds. The summed E-state index contributed by atoms with van der Waals surface area (Å²) >= 11 is 0. The van der Waals surface area contributed by atoms with Crippen LogP contribution in [0.1, 0.15) is 27.0 Å². The lowest BCUT2D eigenvalue weighted by Gasteiger charge is -2.08. The predicted octanol–water partition coefficient (Wildman–Crippen LogP) is 3.42. The van der Waals surface area contributed by atoms with Crippen molar-refractivity contribution in [3.8, 4) is 5.69 Å². The summed E-state index contributed by atoms with van der Waals surface area (Å²) in [7, 11) is 0. The average molecular weight is 305 g/mol. The zero-order valence-electron chi connectivity index (χ0n) is 13.3. The van der Waals surface area contributed by atoms with E-state index in [0.717, 1.165) is 16.8 Å². The molecule has 4 nitrogen and oxygen atoms in total. The zero-order chi connectivity index (χ0) is 16.2. The van der Waals surface area contributed by atoms with Gasteiger partial charge in [0.1, 0.15) is 0 Å². The van der Waals surface area contributed by atoms with E-state index >= 15 is 0 Å². The van der Waals surface area contributed by atoms with Crippen LogP contribution < -0.4 is 5.32 Å². The lowest BCUT2D eigenvalue weighted by molar-refractivity contribution is 0.0951. The molecule has 0 saturated carbocycles. The van der Waals surface area contributed by atoms with Crippen LogP contribution in [0.3, 0.4) is 0 Å². The molecule has 2 aromatic carbocycles. The molecule has 0 spiro atoms. The van der Waals surface area contributed by atoms with E-state index in [9.17, 15) is 4.79 Å². The predicted molar refractivity (Wildman–Crippen MR) is 90.7 cm³/mol. The molecule has 1 heterocycles. The number of amides is 1. The first-order valence-electron chi connectivity index (χ1n) is 7.56. The minimum Gasteiger partial charge on any atom is -0.348 e. The van der Waals surface area contributed by atoms with Gasteiger partial charge in [-0.2, -0.15) is 0 Å². The normalized spacial score (nSPS) is 10.5. The number of aryl methyl sites for hydroxylation is 2. The molecule has 0 atom stereocenters. The minimum absolute atomic E-state index is 0.0493. The Labute approximate surface area is 135 Å². The first kappa shape index (κ1) is 15.0. The molecule has 1 N–H and O–H groups in total. The van der Waals surface area contributed by atoms with Crippen molar-refractivity contribution < 1.29 is 4.79 Å². The Balaban J connectivity index is 1.63. The highest BCUT2D eigenvalue weighted by Crippen LogP contribution is 2.11. The van der Waals surface area contributed by atoms with Crippen LogP contribution in [-0.2, 0) is 6.54 Å². The molecule has 0 unspecified atom stereocenters. The average Bonchev–Trinajstić information content (AvgIpc) is 3.10. The van der Waals surface area contributed by atoms with E-state index in [4.69, 9.17) is 0 Å². The van der Waals surface area contributed by atoms with Gasteiger partial charge in [-0.05, 0) is 54.8 Å². The molecule has 23 heavy (non-hydrogen) atoms. The molecule has 0 aliphatic rings. The van der Waals surface area contributed by atoms with Crippen molar-refractivity contribution in [2.75, 3.05) is 0 Å². The van der Waals surface area contributed by atoms with Gasteiger partial charge < -0.3 is 9.88 Å². The number of carbonyl (C=O) groups excluding carboxylic acids is 1. The Bertz CT molecular complexity index is 805. The van der Waals surface area contributed by atoms with Gasteiger partial charge in [0, 0.05) is 30.2 Å². The summed E-state index contributed by atoms with van der Waals surface area (Å²) in [4.78, 5) is 16.2. The molecule has 0 fully saturated rings. The Hall–Kier alpha value is -2.88. The monoisotopic (exact) mass is 305 g/mol. The van der Waals surface area contributed by atoms with Crippen LogP contribution in [0.5, 0.6) is 0 Å². The highest BCUT2D eigenvalue weighted by atomic mass is 16.1. The topological polar surface area (TPSA) is 46.9 Å². The van der Waals surface area contributed by atoms with Crippen LogP contribution in [0.4, 0.5) is 0 Å². The third-order valence-corrected chi connectivity index (χ3v) is 3.96. The van der Waals surface area contributed by atoms with Gasteiger partial charge in [0.15, 0.2) is 0 Å². The smallest absolute Gasteiger partial charge is 0.251 e. The number of aromatic nitrogens is 2. The maximum atomic E-state index is 12.2. The van der Waals surface area contributed by atoms with Crippen LogP contribution in [0, 0.1) is 13.8 Å². The van der Waals surface area contributed by atoms with Gasteiger partial charge >= 0.3 is 0 Å². The van der Waals surface area contributed by atoms with Crippen molar-refractivity contribution >= 4 is 5.91 Å². The number of carbonyl (C=O) groups is 1. The van der Waals surface area contributed by atoms with Gasteiger partial charge in [-0.3, -0.25) is 4.79 Å². The second-order valence-corrected chi connectivity index (χ2v) is 5.62. The number of nitrogens with zero attached hydrogens (tertiary/aromatic N) is 2. The summed E-state index contributed by atoms with van der Waals surface area (Å²) in [5.41, 5.74) is 5.12. The van der Waals surface area contributed by atoms with E-state index in [0.29, 0.717) is 12.1 Å². The maximum absolute atomic E-state index is 12.2. The Kier molecular flexibility index (Phi) is 4.24. The van der Waals surface area contributed by atoms with Crippen LogP contribution in [0.25, 0.3) is 5.69 Å². The highest BCUT2D eigenvalue weighted by molar-refractivity contribution is 5.94. The fraction of sp³-hybridized carbons (Fsp3) is 0.158. The number of benzene rings is 2. The van der Waals surface area contributed by atoms with Crippen LogP contribution in [-0.4, -0.2) is 15.5 Å². The quantitative estimate of drug-likeness (QED) is 0.803. The molecular weight excluding hydrogens is 286 g/mol. The van der Waals surface area contributed by atoms with Crippen molar-refractivity contribution in [2.24, 2.45) is 0 Å². The molecule has 0 bridgehead atoms. The fourth-order valence-electron chi connectivity index (χ4n) is 2.36. The molecule has 4 heteroatoms. The van der Waals surface area contributed by atoms with Gasteiger partial charge in [0.05, 0.1) is 6.33 Å². The number of imidazole rings is 1. The van der Waals surface area contributed by atoms with E-state index in [2.05, 4.69) is 10.3 Å². The largest absolute Gasteiger partial charge is 0.348 e. The molecule has 3 aromatic rings. The highest BCUT2D eigenvalue weighted by Gasteiger charge is 2.06. The molecule has 3 rings (SSSR count). The molecule has 0 radical (unpaired) electrons. The van der Waals surface area contributed by atoms with Gasteiger partial charge in [-0.25, -0.2) is 4.98 Å². The van der Waals surface area contributed by atoms with Crippen molar-refractivity contribution in [1.82, 2.24) is 14.9 Å². The van der Waals surface area contributed by atoms with E-state index in [1.165, 1.54) is 5.56 Å². The summed E-state index contributed by atoms with van der Waals surface area (Å²) < 4.78 is 1.94. The maximum Gasteiger partial charge on any atom is 0.251 e. The standard InChI is InChI=1S/C19H19N3O/c1-14-3-6-17(11-15(14)2)19(23)21-12-16-4-7-18(8-5-16)22-10-9-20-13-22/h3-11,13H,12H2,1-2H3,(H,21,23). The van der Waals surface area contributed by atoms with Crippen molar-refractivity contribution in [1.29, 1.82) is 0 Å². The molecule has 0 aliphatic heterocycles. The van der Waals surface area contributed by atoms with Gasteiger partial charge in [0.25, 0.3) is 5.91 Å². The Morgan fingerprint density at radius 1 is 1.09 bits per heavy atom. The summed E-state index contributed by atoms with van der Waals surface area (Å²) in [6.07, 6.45) is 5.41. The van der Waals surface area contributed by atoms with Crippen molar-refractivity contribution in [3.05, 3.63) is 83.4 Å². The van der Waals surface area contributed by atoms with Crippen molar-refractivity contribution in [2.45, 2.75) is 20.4 Å². The number of hydrogen-bond acceptors (Lipinski definition) is 2. The lowest BCUT2D eigenvalue weighted by Crippen LogP contribution is -2.22. The molecular formula is C19H19N3O. The Morgan fingerprint density at radius 3 is 2.52 bits per heavy atom. The van der Waals surface area contributed by atoms with E-state index in [1.807, 2.05) is 67.1 Å². The third kappa shape index (κ3) is 3.48. The van der Waals surface area contributed by atoms with Gasteiger partial charge in [-0.15, -0.1) is 0 Å². The number of nitrogens with one attached hydrogen (secondary N) is 1. The second kappa shape index (κ2) is 6.48. The molecule has 116 valence electrons. The first-order chi connectivity index (χ1) is 11.1. The van der Waals surface area contributed by atoms with Gasteiger partial charge in [-0.1, -0.05) is 18.2 Å². The Morgan fingerprint density at radius 2 is 1.87 bits per heavy atom. The van der Waals surface area contributed by atoms with Crippen molar-refractivity contribution in [3.63, 3.8) is 0 Å². The lowest BCUT2D eigenvalue weighted by atomic mass is 10.1. The number of rotatable bonds is 4. The van der Waals surface area contributed by atoms with E-state index in [1.54, 1.807) is 12.5 Å². The minimum atomic E-state index is -0.0493. The van der Waals surface area contributed by atoms with Crippen LogP contribution >= 0.6 is 0 Å². The summed E-state index contributed by atoms with van der Waals surface area (Å²) in [5, 5.41) is 2.96. The van der Waals surface area contributed by atoms with Crippen LogP contribution in [0.2, 0.25) is 0 Å². The molecule has 0 aliphatic carbocycles. The third-order valence-electron chi connectivity index (χ3n) is 3.96. The molecule has 0 saturated heterocycles. The summed E-state index contributed by atoms with van der Waals surface area (Å²) in [6.45, 7) is 4.57.